The first-order chi connectivity index (χ1) is 13.7. The Morgan fingerprint density at radius 1 is 1.11 bits per heavy atom. The second-order valence-corrected chi connectivity index (χ2v) is 9.05. The van der Waals surface area contributed by atoms with Gasteiger partial charge in [0.2, 0.25) is 0 Å². The molecular weight excluding hydrogens is 366 g/mol. The first-order valence-electron chi connectivity index (χ1n) is 10.7. The van der Waals surface area contributed by atoms with Crippen molar-refractivity contribution in [2.75, 3.05) is 46.0 Å². The fourth-order valence-corrected chi connectivity index (χ4v) is 5.04. The van der Waals surface area contributed by atoms with Crippen molar-refractivity contribution in [3.63, 3.8) is 0 Å². The number of nitrogens with zero attached hydrogens (tertiary/aromatic N) is 3. The number of rotatable bonds is 7. The van der Waals surface area contributed by atoms with Gasteiger partial charge in [0.25, 0.3) is 0 Å². The second-order valence-electron chi connectivity index (χ2n) is 7.92. The van der Waals surface area contributed by atoms with Gasteiger partial charge in [0, 0.05) is 57.6 Å². The largest absolute Gasteiger partial charge is 0.354 e. The van der Waals surface area contributed by atoms with Crippen LogP contribution in [0, 0.1) is 0 Å². The van der Waals surface area contributed by atoms with Crippen LogP contribution in [0.4, 0.5) is 0 Å². The van der Waals surface area contributed by atoms with Crippen molar-refractivity contribution in [3.8, 4) is 0 Å². The minimum Gasteiger partial charge on any atom is -0.354 e. The Hall–Kier alpha value is -1.24. The minimum atomic E-state index is 0.550. The quantitative estimate of drug-likeness (QED) is 0.541. The van der Waals surface area contributed by atoms with Crippen LogP contribution in [0.5, 0.6) is 0 Å². The van der Waals surface area contributed by atoms with Crippen molar-refractivity contribution in [2.24, 2.45) is 4.99 Å². The van der Waals surface area contributed by atoms with Gasteiger partial charge in [-0.05, 0) is 43.2 Å². The van der Waals surface area contributed by atoms with E-state index in [1.54, 1.807) is 0 Å². The van der Waals surface area contributed by atoms with E-state index in [2.05, 4.69) is 62.9 Å². The van der Waals surface area contributed by atoms with Crippen molar-refractivity contribution in [3.05, 3.63) is 35.4 Å². The van der Waals surface area contributed by atoms with Gasteiger partial charge in [0.15, 0.2) is 5.96 Å². The highest BCUT2D eigenvalue weighted by Crippen LogP contribution is 2.28. The van der Waals surface area contributed by atoms with Crippen LogP contribution in [0.15, 0.2) is 29.3 Å². The van der Waals surface area contributed by atoms with E-state index < -0.39 is 0 Å². The molecule has 0 amide bonds. The number of nitrogens with one attached hydrogen (secondary N) is 2. The van der Waals surface area contributed by atoms with E-state index in [0.717, 1.165) is 37.4 Å². The van der Waals surface area contributed by atoms with Crippen molar-refractivity contribution in [1.82, 2.24) is 20.4 Å². The van der Waals surface area contributed by atoms with E-state index >= 15 is 0 Å². The molecule has 3 rings (SSSR count). The molecule has 0 spiro atoms. The summed E-state index contributed by atoms with van der Waals surface area (Å²) in [5.74, 6) is 0.929. The third-order valence-electron chi connectivity index (χ3n) is 6.15. The maximum absolute atomic E-state index is 4.45. The predicted octanol–water partition coefficient (Wildman–Crippen LogP) is 2.77. The summed E-state index contributed by atoms with van der Waals surface area (Å²) in [5.41, 5.74) is 2.80. The lowest BCUT2D eigenvalue weighted by Gasteiger charge is -2.34. The molecule has 1 aliphatic heterocycles. The highest BCUT2D eigenvalue weighted by atomic mass is 32.2. The highest BCUT2D eigenvalue weighted by Gasteiger charge is 2.24. The van der Waals surface area contributed by atoms with E-state index in [-0.39, 0.29) is 0 Å². The number of likely N-dealkylation sites (N-methyl/N-ethyl adjacent to an activating group) is 1. The SMILES string of the molecule is CCN1CCN(Cc2ccccc2CNC(=NC)NC2CCC(SC)C2)CC1. The Morgan fingerprint density at radius 2 is 1.82 bits per heavy atom. The van der Waals surface area contributed by atoms with E-state index in [9.17, 15) is 0 Å². The van der Waals surface area contributed by atoms with Crippen LogP contribution in [0.25, 0.3) is 0 Å². The number of guanidine groups is 1. The summed E-state index contributed by atoms with van der Waals surface area (Å²) >= 11 is 1.99. The van der Waals surface area contributed by atoms with E-state index in [1.165, 1.54) is 50.0 Å². The first-order valence-corrected chi connectivity index (χ1v) is 12.0. The van der Waals surface area contributed by atoms with Crippen LogP contribution in [0.2, 0.25) is 0 Å². The number of thioether (sulfide) groups is 1. The molecule has 0 aromatic heterocycles. The van der Waals surface area contributed by atoms with Crippen LogP contribution in [-0.2, 0) is 13.1 Å². The molecule has 2 fully saturated rings. The molecule has 2 N–H and O–H groups in total. The number of hydrogen-bond acceptors (Lipinski definition) is 4. The van der Waals surface area contributed by atoms with Crippen LogP contribution in [0.3, 0.4) is 0 Å². The molecule has 1 aromatic rings. The summed E-state index contributed by atoms with van der Waals surface area (Å²) in [6.07, 6.45) is 6.01. The van der Waals surface area contributed by atoms with Crippen LogP contribution < -0.4 is 10.6 Å². The fourth-order valence-electron chi connectivity index (χ4n) is 4.24. The van der Waals surface area contributed by atoms with Gasteiger partial charge in [-0.2, -0.15) is 11.8 Å². The molecular formula is C22H37N5S. The van der Waals surface area contributed by atoms with E-state index in [0.29, 0.717) is 6.04 Å². The summed E-state index contributed by atoms with van der Waals surface area (Å²) in [6, 6.07) is 9.38. The summed E-state index contributed by atoms with van der Waals surface area (Å²) in [4.78, 5) is 9.57. The number of aliphatic imine (C=N–C) groups is 1. The average molecular weight is 404 g/mol. The van der Waals surface area contributed by atoms with Gasteiger partial charge in [0.1, 0.15) is 0 Å². The van der Waals surface area contributed by atoms with Gasteiger partial charge in [-0.3, -0.25) is 9.89 Å². The van der Waals surface area contributed by atoms with Gasteiger partial charge < -0.3 is 15.5 Å². The molecule has 1 aromatic carbocycles. The smallest absolute Gasteiger partial charge is 0.191 e. The molecule has 0 bridgehead atoms. The van der Waals surface area contributed by atoms with E-state index in [1.807, 2.05) is 18.8 Å². The predicted molar refractivity (Wildman–Crippen MR) is 122 cm³/mol. The molecule has 2 aliphatic rings. The summed E-state index contributed by atoms with van der Waals surface area (Å²) in [6.45, 7) is 9.98. The molecule has 1 saturated heterocycles. The van der Waals surface area contributed by atoms with E-state index in [4.69, 9.17) is 0 Å². The molecule has 1 heterocycles. The average Bonchev–Trinajstić information content (AvgIpc) is 3.20. The van der Waals surface area contributed by atoms with Crippen molar-refractivity contribution in [1.29, 1.82) is 0 Å². The third-order valence-corrected chi connectivity index (χ3v) is 7.25. The van der Waals surface area contributed by atoms with Gasteiger partial charge in [-0.1, -0.05) is 31.2 Å². The van der Waals surface area contributed by atoms with Crippen LogP contribution >= 0.6 is 11.8 Å². The normalized spacial score (nSPS) is 24.5. The van der Waals surface area contributed by atoms with Crippen LogP contribution in [0.1, 0.15) is 37.3 Å². The highest BCUT2D eigenvalue weighted by molar-refractivity contribution is 7.99. The molecule has 1 saturated carbocycles. The number of hydrogen-bond donors (Lipinski definition) is 2. The molecule has 5 nitrogen and oxygen atoms in total. The molecule has 156 valence electrons. The Labute approximate surface area is 175 Å². The minimum absolute atomic E-state index is 0.550. The molecule has 2 unspecified atom stereocenters. The third kappa shape index (κ3) is 6.13. The number of piperazine rings is 1. The Kier molecular flexibility index (Phi) is 8.49. The van der Waals surface area contributed by atoms with Crippen molar-refractivity contribution < 1.29 is 0 Å². The van der Waals surface area contributed by atoms with Gasteiger partial charge in [0.05, 0.1) is 0 Å². The van der Waals surface area contributed by atoms with Crippen molar-refractivity contribution in [2.45, 2.75) is 50.6 Å². The topological polar surface area (TPSA) is 42.9 Å². The Morgan fingerprint density at radius 3 is 2.46 bits per heavy atom. The maximum Gasteiger partial charge on any atom is 0.191 e. The zero-order chi connectivity index (χ0) is 19.8. The van der Waals surface area contributed by atoms with Gasteiger partial charge in [-0.25, -0.2) is 0 Å². The second kappa shape index (κ2) is 11.1. The lowest BCUT2D eigenvalue weighted by molar-refractivity contribution is 0.131. The molecule has 0 radical (unpaired) electrons. The standard InChI is InChI=1S/C22H37N5S/c1-4-26-11-13-27(14-12-26)17-19-8-6-5-7-18(19)16-24-22(23-2)25-20-9-10-21(15-20)28-3/h5-8,20-21H,4,9-17H2,1-3H3,(H2,23,24,25). The molecule has 2 atom stereocenters. The monoisotopic (exact) mass is 403 g/mol. The first kappa shape index (κ1) is 21.5. The summed E-state index contributed by atoms with van der Waals surface area (Å²) in [7, 11) is 1.87. The molecule has 1 aliphatic carbocycles. The maximum atomic E-state index is 4.45. The lowest BCUT2D eigenvalue weighted by atomic mass is 10.1. The van der Waals surface area contributed by atoms with Crippen LogP contribution in [-0.4, -0.2) is 73.1 Å². The summed E-state index contributed by atoms with van der Waals surface area (Å²) in [5, 5.41) is 7.96. The molecule has 28 heavy (non-hydrogen) atoms. The zero-order valence-electron chi connectivity index (χ0n) is 17.8. The Balaban J connectivity index is 1.51. The van der Waals surface area contributed by atoms with Gasteiger partial charge >= 0.3 is 0 Å². The van der Waals surface area contributed by atoms with Crippen molar-refractivity contribution >= 4 is 17.7 Å². The summed E-state index contributed by atoms with van der Waals surface area (Å²) < 4.78 is 0. The Bertz CT molecular complexity index is 627. The lowest BCUT2D eigenvalue weighted by Crippen LogP contribution is -2.45. The van der Waals surface area contributed by atoms with Gasteiger partial charge in [-0.15, -0.1) is 0 Å². The fraction of sp³-hybridized carbons (Fsp3) is 0.682. The molecule has 6 heteroatoms. The number of benzene rings is 1. The zero-order valence-corrected chi connectivity index (χ0v) is 18.6.